The van der Waals surface area contributed by atoms with Crippen molar-refractivity contribution in [1.29, 1.82) is 0 Å². The van der Waals surface area contributed by atoms with E-state index in [0.717, 1.165) is 28.4 Å². The molecule has 0 spiro atoms. The Balaban J connectivity index is 0.000000130. The average Bonchev–Trinajstić information content (AvgIpc) is 3.09. The van der Waals surface area contributed by atoms with E-state index >= 15 is 0 Å². The first kappa shape index (κ1) is 13.6. The standard InChI is InChI=1S/C12H8N2.C9H8/c1-2-5-10-9(4-1)8-12-11(14-10)6-3-7-13-12;1-2-5-9-7-3-6-8(9)4-1/h1-8H;1-6H,7H2. The fourth-order valence-electron chi connectivity index (χ4n) is 2.80. The van der Waals surface area contributed by atoms with Gasteiger partial charge in [0.2, 0.25) is 0 Å². The van der Waals surface area contributed by atoms with Crippen LogP contribution < -0.4 is 0 Å². The van der Waals surface area contributed by atoms with Crippen molar-refractivity contribution < 1.29 is 0 Å². The Hall–Kier alpha value is -3.00. The van der Waals surface area contributed by atoms with Gasteiger partial charge >= 0.3 is 0 Å². The van der Waals surface area contributed by atoms with Crippen LogP contribution >= 0.6 is 0 Å². The van der Waals surface area contributed by atoms with Crippen molar-refractivity contribution in [1.82, 2.24) is 9.97 Å². The molecule has 5 rings (SSSR count). The van der Waals surface area contributed by atoms with Crippen LogP contribution in [0.2, 0.25) is 0 Å². The van der Waals surface area contributed by atoms with Gasteiger partial charge in [0.05, 0.1) is 16.6 Å². The van der Waals surface area contributed by atoms with Crippen LogP contribution in [-0.2, 0) is 6.42 Å². The summed E-state index contributed by atoms with van der Waals surface area (Å²) in [6.07, 6.45) is 7.29. The Morgan fingerprint density at radius 2 is 1.57 bits per heavy atom. The summed E-state index contributed by atoms with van der Waals surface area (Å²) >= 11 is 0. The third kappa shape index (κ3) is 2.84. The van der Waals surface area contributed by atoms with E-state index in [0.29, 0.717) is 0 Å². The van der Waals surface area contributed by atoms with E-state index in [1.54, 1.807) is 6.20 Å². The van der Waals surface area contributed by atoms with Crippen LogP contribution in [0.3, 0.4) is 0 Å². The molecule has 1 aliphatic rings. The molecular weight excluding hydrogens is 280 g/mol. The minimum Gasteiger partial charge on any atom is -0.255 e. The van der Waals surface area contributed by atoms with Crippen LogP contribution in [0.1, 0.15) is 11.1 Å². The number of benzene rings is 2. The lowest BCUT2D eigenvalue weighted by molar-refractivity contribution is 1.31. The summed E-state index contributed by atoms with van der Waals surface area (Å²) in [5, 5.41) is 1.14. The van der Waals surface area contributed by atoms with Crippen LogP contribution in [0.25, 0.3) is 28.0 Å². The number of nitrogens with zero attached hydrogens (tertiary/aromatic N) is 2. The highest BCUT2D eigenvalue weighted by Gasteiger charge is 2.00. The Labute approximate surface area is 135 Å². The smallest absolute Gasteiger partial charge is 0.0894 e. The largest absolute Gasteiger partial charge is 0.255 e. The molecule has 4 aromatic rings. The minimum atomic E-state index is 0.950. The summed E-state index contributed by atoms with van der Waals surface area (Å²) in [6.45, 7) is 0. The fraction of sp³-hybridized carbons (Fsp3) is 0.0476. The maximum absolute atomic E-state index is 4.52. The molecule has 2 nitrogen and oxygen atoms in total. The van der Waals surface area contributed by atoms with Crippen LogP contribution in [0.15, 0.2) is 79.0 Å². The molecule has 2 heterocycles. The molecule has 23 heavy (non-hydrogen) atoms. The van der Waals surface area contributed by atoms with Gasteiger partial charge in [-0.25, -0.2) is 4.98 Å². The predicted molar refractivity (Wildman–Crippen MR) is 96.2 cm³/mol. The molecule has 0 radical (unpaired) electrons. The highest BCUT2D eigenvalue weighted by atomic mass is 14.7. The van der Waals surface area contributed by atoms with Gasteiger partial charge < -0.3 is 0 Å². The lowest BCUT2D eigenvalue weighted by Crippen LogP contribution is -1.83. The van der Waals surface area contributed by atoms with Gasteiger partial charge in [-0.15, -0.1) is 0 Å². The summed E-state index contributed by atoms with van der Waals surface area (Å²) in [6, 6.07) is 22.5. The van der Waals surface area contributed by atoms with Gasteiger partial charge in [-0.1, -0.05) is 54.6 Å². The summed E-state index contributed by atoms with van der Waals surface area (Å²) < 4.78 is 0. The van der Waals surface area contributed by atoms with E-state index in [4.69, 9.17) is 0 Å². The number of rotatable bonds is 0. The highest BCUT2D eigenvalue weighted by Crippen LogP contribution is 2.18. The first-order chi connectivity index (χ1) is 11.4. The second-order valence-corrected chi connectivity index (χ2v) is 5.53. The third-order valence-electron chi connectivity index (χ3n) is 3.98. The molecule has 110 valence electrons. The Morgan fingerprint density at radius 3 is 2.52 bits per heavy atom. The van der Waals surface area contributed by atoms with Gasteiger partial charge in [0, 0.05) is 11.6 Å². The Bertz CT molecular complexity index is 897. The average molecular weight is 296 g/mol. The molecule has 0 saturated heterocycles. The van der Waals surface area contributed by atoms with Gasteiger partial charge in [-0.05, 0) is 41.8 Å². The lowest BCUT2D eigenvalue weighted by Gasteiger charge is -1.99. The molecule has 0 N–H and O–H groups in total. The van der Waals surface area contributed by atoms with Crippen molar-refractivity contribution in [2.75, 3.05) is 0 Å². The summed E-state index contributed by atoms with van der Waals surface area (Å²) in [7, 11) is 0. The number of hydrogen-bond acceptors (Lipinski definition) is 2. The fourth-order valence-corrected chi connectivity index (χ4v) is 2.80. The Morgan fingerprint density at radius 1 is 0.739 bits per heavy atom. The number of pyridine rings is 2. The zero-order valence-corrected chi connectivity index (χ0v) is 12.7. The van der Waals surface area contributed by atoms with E-state index in [1.165, 1.54) is 11.1 Å². The van der Waals surface area contributed by atoms with Gasteiger partial charge in [0.15, 0.2) is 0 Å². The lowest BCUT2D eigenvalue weighted by atomic mass is 10.1. The maximum atomic E-state index is 4.52. The first-order valence-electron chi connectivity index (χ1n) is 7.75. The van der Waals surface area contributed by atoms with Crippen molar-refractivity contribution in [2.24, 2.45) is 0 Å². The van der Waals surface area contributed by atoms with Gasteiger partial charge in [0.25, 0.3) is 0 Å². The van der Waals surface area contributed by atoms with E-state index in [9.17, 15) is 0 Å². The third-order valence-corrected chi connectivity index (χ3v) is 3.98. The van der Waals surface area contributed by atoms with Crippen molar-refractivity contribution in [2.45, 2.75) is 6.42 Å². The molecule has 0 fully saturated rings. The molecular formula is C21H16N2. The molecule has 0 unspecified atom stereocenters. The summed E-state index contributed by atoms with van der Waals surface area (Å²) in [5.74, 6) is 0. The molecule has 0 bridgehead atoms. The zero-order valence-electron chi connectivity index (χ0n) is 12.7. The predicted octanol–water partition coefficient (Wildman–Crippen LogP) is 5.04. The normalized spacial score (nSPS) is 12.0. The maximum Gasteiger partial charge on any atom is 0.0894 e. The summed E-state index contributed by atoms with van der Waals surface area (Å²) in [5.41, 5.74) is 5.76. The number of hydrogen-bond donors (Lipinski definition) is 0. The van der Waals surface area contributed by atoms with Crippen molar-refractivity contribution in [3.63, 3.8) is 0 Å². The van der Waals surface area contributed by atoms with Crippen molar-refractivity contribution >= 4 is 28.0 Å². The van der Waals surface area contributed by atoms with E-state index in [2.05, 4.69) is 58.5 Å². The first-order valence-corrected chi connectivity index (χ1v) is 7.75. The molecule has 0 amide bonds. The molecule has 2 heteroatoms. The van der Waals surface area contributed by atoms with E-state index < -0.39 is 0 Å². The van der Waals surface area contributed by atoms with Gasteiger partial charge in [-0.2, -0.15) is 0 Å². The Kier molecular flexibility index (Phi) is 3.57. The molecule has 0 saturated carbocycles. The monoisotopic (exact) mass is 296 g/mol. The van der Waals surface area contributed by atoms with Crippen molar-refractivity contribution in [3.8, 4) is 0 Å². The second-order valence-electron chi connectivity index (χ2n) is 5.53. The number of allylic oxidation sites excluding steroid dienone is 1. The number of aromatic nitrogens is 2. The second kappa shape index (κ2) is 6.01. The highest BCUT2D eigenvalue weighted by molar-refractivity contribution is 5.90. The number of para-hydroxylation sites is 1. The molecule has 0 atom stereocenters. The summed E-state index contributed by atoms with van der Waals surface area (Å²) in [4.78, 5) is 8.78. The molecule has 2 aromatic carbocycles. The van der Waals surface area contributed by atoms with Gasteiger partial charge in [0.1, 0.15) is 0 Å². The minimum absolute atomic E-state index is 0.950. The zero-order chi connectivity index (χ0) is 15.5. The molecule has 2 aromatic heterocycles. The van der Waals surface area contributed by atoms with Crippen LogP contribution in [-0.4, -0.2) is 9.97 Å². The van der Waals surface area contributed by atoms with Crippen LogP contribution in [0, 0.1) is 0 Å². The van der Waals surface area contributed by atoms with E-state index in [1.807, 2.05) is 30.3 Å². The SMILES string of the molecule is C1=Cc2ccccc2C1.c1ccc2nc3cccnc3cc2c1. The quantitative estimate of drug-likeness (QED) is 0.425. The van der Waals surface area contributed by atoms with Crippen molar-refractivity contribution in [3.05, 3.63) is 90.1 Å². The molecule has 0 aliphatic heterocycles. The molecule has 1 aliphatic carbocycles. The van der Waals surface area contributed by atoms with Gasteiger partial charge in [-0.3, -0.25) is 4.98 Å². The van der Waals surface area contributed by atoms with E-state index in [-0.39, 0.29) is 0 Å². The van der Waals surface area contributed by atoms with Crippen LogP contribution in [0.4, 0.5) is 0 Å². The van der Waals surface area contributed by atoms with Crippen LogP contribution in [0.5, 0.6) is 0 Å². The number of fused-ring (bicyclic) bond motifs is 3. The topological polar surface area (TPSA) is 25.8 Å².